The van der Waals surface area contributed by atoms with Crippen molar-refractivity contribution in [1.29, 1.82) is 0 Å². The number of rotatable bonds is 11. The molecule has 0 spiro atoms. The Bertz CT molecular complexity index is 704. The summed E-state index contributed by atoms with van der Waals surface area (Å²) in [7, 11) is -2.98. The maximum atomic E-state index is 13.7. The molecule has 1 atom stereocenters. The van der Waals surface area contributed by atoms with E-state index in [0.29, 0.717) is 6.07 Å². The molecule has 0 N–H and O–H groups in total. The van der Waals surface area contributed by atoms with E-state index in [1.807, 2.05) is 6.92 Å². The van der Waals surface area contributed by atoms with Gasteiger partial charge in [0.05, 0.1) is 25.9 Å². The first kappa shape index (κ1) is 22.3. The first-order chi connectivity index (χ1) is 12.3. The van der Waals surface area contributed by atoms with Gasteiger partial charge < -0.3 is 9.47 Å². The zero-order valence-electron chi connectivity index (χ0n) is 15.4. The Morgan fingerprint density at radius 1 is 1.23 bits per heavy atom. The minimum atomic E-state index is -4.03. The van der Waals surface area contributed by atoms with Crippen LogP contribution in [-0.4, -0.2) is 33.9 Å². The van der Waals surface area contributed by atoms with Crippen LogP contribution >= 0.6 is 0 Å². The maximum absolute atomic E-state index is 13.7. The lowest BCUT2D eigenvalue weighted by molar-refractivity contribution is -0.144. The molecule has 0 aliphatic carbocycles. The highest BCUT2D eigenvalue weighted by Gasteiger charge is 2.25. The summed E-state index contributed by atoms with van der Waals surface area (Å²) in [5.74, 6) is -4.23. The Morgan fingerprint density at radius 2 is 1.92 bits per heavy atom. The topological polar surface area (TPSA) is 69.7 Å². The number of methoxy groups -OCH3 is 1. The third kappa shape index (κ3) is 6.23. The zero-order chi connectivity index (χ0) is 19.7. The van der Waals surface area contributed by atoms with Gasteiger partial charge in [0, 0.05) is 0 Å². The van der Waals surface area contributed by atoms with E-state index >= 15 is 0 Å². The fourth-order valence-corrected chi connectivity index (χ4v) is 3.84. The SMILES string of the molecule is CCCC[C@@H](CC)COC(=O)CCS(=O)(=O)c1ccc(F)c(F)c1OC. The predicted molar refractivity (Wildman–Crippen MR) is 93.8 cm³/mol. The average Bonchev–Trinajstić information content (AvgIpc) is 2.62. The van der Waals surface area contributed by atoms with Crippen LogP contribution in [-0.2, 0) is 19.4 Å². The van der Waals surface area contributed by atoms with Crippen molar-refractivity contribution in [2.24, 2.45) is 5.92 Å². The number of benzene rings is 1. The molecule has 0 unspecified atom stereocenters. The van der Waals surface area contributed by atoms with Crippen LogP contribution in [0.3, 0.4) is 0 Å². The Kier molecular flexibility index (Phi) is 8.98. The summed E-state index contributed by atoms with van der Waals surface area (Å²) in [6, 6.07) is 1.64. The number of ether oxygens (including phenoxy) is 2. The van der Waals surface area contributed by atoms with E-state index in [1.165, 1.54) is 0 Å². The number of unbranched alkanes of at least 4 members (excludes halogenated alkanes) is 1. The first-order valence-electron chi connectivity index (χ1n) is 8.67. The average molecular weight is 392 g/mol. The Labute approximate surface area is 153 Å². The molecule has 1 aromatic carbocycles. The molecular formula is C18H26F2O5S. The van der Waals surface area contributed by atoms with Gasteiger partial charge in [-0.3, -0.25) is 4.79 Å². The zero-order valence-corrected chi connectivity index (χ0v) is 16.2. The first-order valence-corrected chi connectivity index (χ1v) is 10.3. The second-order valence-corrected chi connectivity index (χ2v) is 8.14. The molecule has 1 aromatic rings. The van der Waals surface area contributed by atoms with Gasteiger partial charge in [0.1, 0.15) is 4.90 Å². The van der Waals surface area contributed by atoms with Crippen molar-refractivity contribution in [1.82, 2.24) is 0 Å². The monoisotopic (exact) mass is 392 g/mol. The van der Waals surface area contributed by atoms with Gasteiger partial charge in [0.15, 0.2) is 21.4 Å². The van der Waals surface area contributed by atoms with Gasteiger partial charge >= 0.3 is 5.97 Å². The van der Waals surface area contributed by atoms with Crippen molar-refractivity contribution in [3.63, 3.8) is 0 Å². The molecule has 0 saturated carbocycles. The second kappa shape index (κ2) is 10.4. The molecule has 0 aromatic heterocycles. The summed E-state index contributed by atoms with van der Waals surface area (Å²) < 4.78 is 61.4. The summed E-state index contributed by atoms with van der Waals surface area (Å²) in [4.78, 5) is 11.4. The quantitative estimate of drug-likeness (QED) is 0.422. The van der Waals surface area contributed by atoms with E-state index in [-0.39, 0.29) is 18.9 Å². The van der Waals surface area contributed by atoms with Crippen LogP contribution in [0.5, 0.6) is 5.75 Å². The molecule has 0 heterocycles. The largest absolute Gasteiger partial charge is 0.492 e. The van der Waals surface area contributed by atoms with Crippen LogP contribution in [0.2, 0.25) is 0 Å². The standard InChI is InChI=1S/C18H26F2O5S/c1-4-6-7-13(5-2)12-25-16(21)10-11-26(22,23)15-9-8-14(19)17(20)18(15)24-3/h8-9,13H,4-7,10-12H2,1-3H3/t13-/m1/s1. The molecule has 0 radical (unpaired) electrons. The van der Waals surface area contributed by atoms with Crippen LogP contribution in [0.1, 0.15) is 46.0 Å². The highest BCUT2D eigenvalue weighted by molar-refractivity contribution is 7.91. The van der Waals surface area contributed by atoms with Crippen LogP contribution in [0.4, 0.5) is 8.78 Å². The highest BCUT2D eigenvalue weighted by atomic mass is 32.2. The lowest BCUT2D eigenvalue weighted by Crippen LogP contribution is -2.18. The van der Waals surface area contributed by atoms with E-state index in [2.05, 4.69) is 11.7 Å². The summed E-state index contributed by atoms with van der Waals surface area (Å²) >= 11 is 0. The minimum absolute atomic E-state index is 0.252. The van der Waals surface area contributed by atoms with Crippen molar-refractivity contribution < 1.29 is 31.5 Å². The number of carbonyl (C=O) groups excluding carboxylic acids is 1. The third-order valence-corrected chi connectivity index (χ3v) is 5.88. The molecule has 1 rings (SSSR count). The molecular weight excluding hydrogens is 366 g/mol. The normalized spacial score (nSPS) is 12.7. The number of hydrogen-bond acceptors (Lipinski definition) is 5. The number of halogens is 2. The van der Waals surface area contributed by atoms with Crippen molar-refractivity contribution >= 4 is 15.8 Å². The van der Waals surface area contributed by atoms with Crippen LogP contribution in [0.25, 0.3) is 0 Å². The Balaban J connectivity index is 2.69. The summed E-state index contributed by atoms with van der Waals surface area (Å²) in [5, 5.41) is 0. The fourth-order valence-electron chi connectivity index (χ4n) is 2.46. The van der Waals surface area contributed by atoms with E-state index in [9.17, 15) is 22.0 Å². The molecule has 0 aliphatic heterocycles. The lowest BCUT2D eigenvalue weighted by atomic mass is 10.0. The van der Waals surface area contributed by atoms with Crippen LogP contribution in [0.15, 0.2) is 17.0 Å². The van der Waals surface area contributed by atoms with E-state index in [1.54, 1.807) is 0 Å². The van der Waals surface area contributed by atoms with Gasteiger partial charge in [-0.25, -0.2) is 12.8 Å². The van der Waals surface area contributed by atoms with Gasteiger partial charge in [0.25, 0.3) is 0 Å². The van der Waals surface area contributed by atoms with Crippen LogP contribution in [0, 0.1) is 17.6 Å². The molecule has 8 heteroatoms. The van der Waals surface area contributed by atoms with Gasteiger partial charge in [0.2, 0.25) is 5.82 Å². The van der Waals surface area contributed by atoms with Gasteiger partial charge in [-0.05, 0) is 24.5 Å². The Morgan fingerprint density at radius 3 is 2.50 bits per heavy atom. The third-order valence-electron chi connectivity index (χ3n) is 4.15. The summed E-state index contributed by atoms with van der Waals surface area (Å²) in [6.45, 7) is 4.34. The number of carbonyl (C=O) groups is 1. The maximum Gasteiger partial charge on any atom is 0.306 e. The molecule has 148 valence electrons. The number of esters is 1. The van der Waals surface area contributed by atoms with Crippen molar-refractivity contribution in [2.45, 2.75) is 50.8 Å². The molecule has 0 amide bonds. The van der Waals surface area contributed by atoms with Gasteiger partial charge in [-0.15, -0.1) is 0 Å². The van der Waals surface area contributed by atoms with Crippen LogP contribution < -0.4 is 4.74 Å². The van der Waals surface area contributed by atoms with Crippen molar-refractivity contribution in [3.05, 3.63) is 23.8 Å². The lowest BCUT2D eigenvalue weighted by Gasteiger charge is -2.15. The highest BCUT2D eigenvalue weighted by Crippen LogP contribution is 2.29. The van der Waals surface area contributed by atoms with Crippen molar-refractivity contribution in [3.8, 4) is 5.75 Å². The van der Waals surface area contributed by atoms with Crippen molar-refractivity contribution in [2.75, 3.05) is 19.5 Å². The molecule has 0 bridgehead atoms. The molecule has 0 saturated heterocycles. The predicted octanol–water partition coefficient (Wildman–Crippen LogP) is 3.90. The Hall–Kier alpha value is -1.70. The smallest absolute Gasteiger partial charge is 0.306 e. The second-order valence-electron chi connectivity index (χ2n) is 6.06. The number of sulfone groups is 1. The molecule has 5 nitrogen and oxygen atoms in total. The molecule has 0 aliphatic rings. The summed E-state index contributed by atoms with van der Waals surface area (Å²) in [6.07, 6.45) is 3.55. The number of hydrogen-bond donors (Lipinski definition) is 0. The van der Waals surface area contributed by atoms with E-state index < -0.39 is 43.8 Å². The summed E-state index contributed by atoms with van der Waals surface area (Å²) in [5.41, 5.74) is 0. The van der Waals surface area contributed by atoms with Gasteiger partial charge in [-0.1, -0.05) is 33.1 Å². The molecule has 26 heavy (non-hydrogen) atoms. The molecule has 0 fully saturated rings. The van der Waals surface area contributed by atoms with E-state index in [4.69, 9.17) is 4.74 Å². The fraction of sp³-hybridized carbons (Fsp3) is 0.611. The minimum Gasteiger partial charge on any atom is -0.492 e. The van der Waals surface area contributed by atoms with E-state index in [0.717, 1.165) is 38.9 Å². The van der Waals surface area contributed by atoms with Gasteiger partial charge in [-0.2, -0.15) is 4.39 Å².